The molecule has 1 aliphatic carbocycles. The van der Waals surface area contributed by atoms with Crippen LogP contribution in [0.3, 0.4) is 0 Å². The fourth-order valence-electron chi connectivity index (χ4n) is 2.60. The van der Waals surface area contributed by atoms with Crippen LogP contribution in [0.5, 0.6) is 0 Å². The Morgan fingerprint density at radius 2 is 2.38 bits per heavy atom. The Balaban J connectivity index is 1.94. The molecular weight excluding hydrogens is 204 g/mol. The zero-order valence-electron chi connectivity index (χ0n) is 9.74. The molecule has 1 saturated heterocycles. The van der Waals surface area contributed by atoms with Gasteiger partial charge in [0.2, 0.25) is 5.91 Å². The third kappa shape index (κ3) is 1.80. The lowest BCUT2D eigenvalue weighted by atomic mass is 9.69. The number of amides is 1. The van der Waals surface area contributed by atoms with Gasteiger partial charge in [-0.3, -0.25) is 4.79 Å². The summed E-state index contributed by atoms with van der Waals surface area (Å²) in [6.45, 7) is 2.26. The van der Waals surface area contributed by atoms with Crippen LogP contribution in [0, 0.1) is 22.7 Å². The number of rotatable bonds is 3. The number of likely N-dealkylation sites (tertiary alicyclic amines) is 1. The Hall–Kier alpha value is -1.08. The van der Waals surface area contributed by atoms with E-state index in [0.29, 0.717) is 12.5 Å². The Morgan fingerprint density at radius 1 is 1.62 bits per heavy atom. The molecular formula is C12H18N2O2. The van der Waals surface area contributed by atoms with Crippen LogP contribution in [0.1, 0.15) is 25.7 Å². The fraction of sp³-hybridized carbons (Fsp3) is 0.833. The van der Waals surface area contributed by atoms with Gasteiger partial charge in [0.15, 0.2) is 0 Å². The molecule has 1 aliphatic heterocycles. The molecule has 0 radical (unpaired) electrons. The van der Waals surface area contributed by atoms with Crippen LogP contribution in [0.25, 0.3) is 0 Å². The van der Waals surface area contributed by atoms with Gasteiger partial charge < -0.3 is 9.64 Å². The number of hydrogen-bond donors (Lipinski definition) is 0. The summed E-state index contributed by atoms with van der Waals surface area (Å²) in [5, 5.41) is 9.11. The first kappa shape index (κ1) is 11.4. The predicted octanol–water partition coefficient (Wildman–Crippen LogP) is 1.18. The van der Waals surface area contributed by atoms with Crippen molar-refractivity contribution in [1.29, 1.82) is 5.26 Å². The van der Waals surface area contributed by atoms with E-state index in [1.165, 1.54) is 0 Å². The van der Waals surface area contributed by atoms with E-state index in [1.807, 2.05) is 4.90 Å². The average molecular weight is 222 g/mol. The van der Waals surface area contributed by atoms with Crippen molar-refractivity contribution in [2.75, 3.05) is 26.8 Å². The van der Waals surface area contributed by atoms with Crippen molar-refractivity contribution in [3.63, 3.8) is 0 Å². The molecule has 2 fully saturated rings. The van der Waals surface area contributed by atoms with E-state index in [2.05, 4.69) is 6.07 Å². The Bertz CT molecular complexity index is 317. The summed E-state index contributed by atoms with van der Waals surface area (Å²) < 4.78 is 5.10. The highest BCUT2D eigenvalue weighted by molar-refractivity contribution is 5.86. The zero-order chi connectivity index (χ0) is 11.6. The van der Waals surface area contributed by atoms with Gasteiger partial charge in [-0.05, 0) is 25.7 Å². The van der Waals surface area contributed by atoms with E-state index in [9.17, 15) is 4.79 Å². The third-order valence-electron chi connectivity index (χ3n) is 3.81. The van der Waals surface area contributed by atoms with E-state index in [4.69, 9.17) is 10.00 Å². The molecule has 0 aromatic heterocycles. The zero-order valence-corrected chi connectivity index (χ0v) is 9.74. The minimum atomic E-state index is -0.679. The first-order valence-electron chi connectivity index (χ1n) is 5.91. The molecule has 4 heteroatoms. The monoisotopic (exact) mass is 222 g/mol. The Labute approximate surface area is 96.2 Å². The fourth-order valence-corrected chi connectivity index (χ4v) is 2.60. The standard InChI is InChI=1S/C12H18N2O2/c1-16-8-10-3-6-14(7-10)11(15)12(9-13)4-2-5-12/h10H,2-8H2,1H3. The van der Waals surface area contributed by atoms with E-state index in [1.54, 1.807) is 7.11 Å². The molecule has 2 rings (SSSR count). The lowest BCUT2D eigenvalue weighted by molar-refractivity contribution is -0.142. The maximum Gasteiger partial charge on any atom is 0.243 e. The highest BCUT2D eigenvalue weighted by atomic mass is 16.5. The first-order chi connectivity index (χ1) is 7.72. The number of nitrogens with zero attached hydrogens (tertiary/aromatic N) is 2. The molecule has 2 aliphatic rings. The van der Waals surface area contributed by atoms with Gasteiger partial charge in [0.25, 0.3) is 0 Å². The summed E-state index contributed by atoms with van der Waals surface area (Å²) >= 11 is 0. The second-order valence-corrected chi connectivity index (χ2v) is 4.91. The first-order valence-corrected chi connectivity index (χ1v) is 5.91. The maximum absolute atomic E-state index is 12.2. The highest BCUT2D eigenvalue weighted by Gasteiger charge is 2.47. The summed E-state index contributed by atoms with van der Waals surface area (Å²) in [7, 11) is 1.69. The summed E-state index contributed by atoms with van der Waals surface area (Å²) in [4.78, 5) is 14.0. The summed E-state index contributed by atoms with van der Waals surface area (Å²) in [6.07, 6.45) is 3.50. The van der Waals surface area contributed by atoms with Gasteiger partial charge in [-0.2, -0.15) is 5.26 Å². The van der Waals surface area contributed by atoms with E-state index >= 15 is 0 Å². The topological polar surface area (TPSA) is 53.3 Å². The van der Waals surface area contributed by atoms with Crippen LogP contribution < -0.4 is 0 Å². The van der Waals surface area contributed by atoms with Gasteiger partial charge >= 0.3 is 0 Å². The number of carbonyl (C=O) groups is 1. The van der Waals surface area contributed by atoms with Crippen LogP contribution in [-0.4, -0.2) is 37.6 Å². The summed E-state index contributed by atoms with van der Waals surface area (Å²) in [6, 6.07) is 2.22. The van der Waals surface area contributed by atoms with Crippen molar-refractivity contribution in [3.8, 4) is 6.07 Å². The molecule has 1 amide bonds. The largest absolute Gasteiger partial charge is 0.384 e. The summed E-state index contributed by atoms with van der Waals surface area (Å²) in [5.41, 5.74) is -0.679. The molecule has 88 valence electrons. The predicted molar refractivity (Wildman–Crippen MR) is 58.5 cm³/mol. The van der Waals surface area contributed by atoms with Gasteiger partial charge in [0.05, 0.1) is 12.7 Å². The quantitative estimate of drug-likeness (QED) is 0.720. The molecule has 1 unspecified atom stereocenters. The number of ether oxygens (including phenoxy) is 1. The van der Waals surface area contributed by atoms with Crippen LogP contribution in [0.15, 0.2) is 0 Å². The molecule has 0 bridgehead atoms. The third-order valence-corrected chi connectivity index (χ3v) is 3.81. The summed E-state index contributed by atoms with van der Waals surface area (Å²) in [5.74, 6) is 0.504. The van der Waals surface area contributed by atoms with Gasteiger partial charge in [-0.1, -0.05) is 0 Å². The SMILES string of the molecule is COCC1CCN(C(=O)C2(C#N)CCC2)C1. The normalized spacial score (nSPS) is 27.2. The lowest BCUT2D eigenvalue weighted by Gasteiger charge is -2.36. The Morgan fingerprint density at radius 3 is 2.88 bits per heavy atom. The molecule has 4 nitrogen and oxygen atoms in total. The Kier molecular flexibility index (Phi) is 3.15. The minimum absolute atomic E-state index is 0.0554. The maximum atomic E-state index is 12.2. The average Bonchev–Trinajstić information content (AvgIpc) is 2.66. The van der Waals surface area contributed by atoms with Gasteiger partial charge in [-0.25, -0.2) is 0 Å². The van der Waals surface area contributed by atoms with Crippen molar-refractivity contribution in [3.05, 3.63) is 0 Å². The molecule has 1 saturated carbocycles. The van der Waals surface area contributed by atoms with Crippen molar-refractivity contribution in [2.24, 2.45) is 11.3 Å². The lowest BCUT2D eigenvalue weighted by Crippen LogP contribution is -2.46. The number of methoxy groups -OCH3 is 1. The van der Waals surface area contributed by atoms with Gasteiger partial charge in [0.1, 0.15) is 5.41 Å². The molecule has 0 N–H and O–H groups in total. The number of nitriles is 1. The second-order valence-electron chi connectivity index (χ2n) is 4.91. The van der Waals surface area contributed by atoms with Crippen LogP contribution in [-0.2, 0) is 9.53 Å². The second kappa shape index (κ2) is 4.42. The van der Waals surface area contributed by atoms with Crippen molar-refractivity contribution in [1.82, 2.24) is 4.90 Å². The van der Waals surface area contributed by atoms with E-state index in [-0.39, 0.29) is 5.91 Å². The number of hydrogen-bond acceptors (Lipinski definition) is 3. The van der Waals surface area contributed by atoms with Gasteiger partial charge in [-0.15, -0.1) is 0 Å². The van der Waals surface area contributed by atoms with E-state index in [0.717, 1.165) is 38.8 Å². The molecule has 0 spiro atoms. The van der Waals surface area contributed by atoms with Gasteiger partial charge in [0, 0.05) is 26.1 Å². The minimum Gasteiger partial charge on any atom is -0.384 e. The molecule has 1 heterocycles. The van der Waals surface area contributed by atoms with Crippen LogP contribution in [0.2, 0.25) is 0 Å². The smallest absolute Gasteiger partial charge is 0.243 e. The van der Waals surface area contributed by atoms with Crippen molar-refractivity contribution >= 4 is 5.91 Å². The molecule has 0 aromatic rings. The molecule has 0 aromatic carbocycles. The highest BCUT2D eigenvalue weighted by Crippen LogP contribution is 2.42. The number of carbonyl (C=O) groups excluding carboxylic acids is 1. The van der Waals surface area contributed by atoms with Crippen LogP contribution in [0.4, 0.5) is 0 Å². The molecule has 16 heavy (non-hydrogen) atoms. The van der Waals surface area contributed by atoms with E-state index < -0.39 is 5.41 Å². The van der Waals surface area contributed by atoms with Crippen molar-refractivity contribution in [2.45, 2.75) is 25.7 Å². The van der Waals surface area contributed by atoms with Crippen molar-refractivity contribution < 1.29 is 9.53 Å². The van der Waals surface area contributed by atoms with Crippen LogP contribution >= 0.6 is 0 Å². The molecule has 1 atom stereocenters.